The largest absolute Gasteiger partial charge is 0.480 e. The van der Waals surface area contributed by atoms with E-state index in [1.807, 2.05) is 0 Å². The van der Waals surface area contributed by atoms with Gasteiger partial charge in [-0.05, 0) is 69.1 Å². The van der Waals surface area contributed by atoms with Gasteiger partial charge in [-0.3, -0.25) is 24.0 Å². The number of aliphatic hydroxyl groups is 1. The minimum absolute atomic E-state index is 0.0304. The number of hydrogen-bond acceptors (Lipinski definition) is 15. The molecule has 0 heterocycles. The van der Waals surface area contributed by atoms with E-state index in [1.54, 1.807) is 0 Å². The molecular formula is C36H47F2N3O16. The van der Waals surface area contributed by atoms with Crippen molar-refractivity contribution in [1.29, 1.82) is 0 Å². The number of carbonyl (C=O) groups excluding carboxylic acids is 5. The highest BCUT2D eigenvalue weighted by molar-refractivity contribution is 6.01. The standard InChI is InChI=1S/C36H47F2N3O16/c1-20-14-22-23-16-25(37)24-15-21(42)10-11-33(24,2)35(23,38)27(43)18-34(22,3)36(20,57-30(46)9-7-13-56-41(52)53)28(44)19-54-31(47)17-26(32(48)49)39-29(45)8-5-4-6-12-55-40(50)51/h10-11,15,20,22-23,25-27,43H,4-9,12-14,16-19H2,1-3H3,(H,39,45)(H,48,49)/t20-,22?,23?,25+,26?,27+,33+,34+,35+,36+/m1/s1. The van der Waals surface area contributed by atoms with Gasteiger partial charge in [0, 0.05) is 35.5 Å². The lowest BCUT2D eigenvalue weighted by atomic mass is 9.44. The second-order valence-electron chi connectivity index (χ2n) is 15.5. The summed E-state index contributed by atoms with van der Waals surface area (Å²) in [4.78, 5) is 107. The topological polar surface area (TPSA) is 278 Å². The number of carboxylic acid groups (broad SMARTS) is 1. The highest BCUT2D eigenvalue weighted by atomic mass is 19.1. The van der Waals surface area contributed by atoms with Crippen molar-refractivity contribution >= 4 is 35.4 Å². The van der Waals surface area contributed by atoms with Crippen LogP contribution in [-0.4, -0.2) is 105 Å². The van der Waals surface area contributed by atoms with Crippen molar-refractivity contribution in [2.75, 3.05) is 19.8 Å². The van der Waals surface area contributed by atoms with E-state index in [4.69, 9.17) is 9.47 Å². The van der Waals surface area contributed by atoms with Gasteiger partial charge in [0.05, 0.1) is 25.7 Å². The summed E-state index contributed by atoms with van der Waals surface area (Å²) in [6.07, 6.45) is -2.36. The number of aliphatic carboxylic acids is 1. The van der Waals surface area contributed by atoms with Gasteiger partial charge >= 0.3 is 17.9 Å². The van der Waals surface area contributed by atoms with Crippen molar-refractivity contribution in [2.45, 2.75) is 115 Å². The van der Waals surface area contributed by atoms with Crippen LogP contribution in [0.15, 0.2) is 23.8 Å². The molecule has 0 bridgehead atoms. The number of Topliss-reactive ketones (excluding diaryl/α,β-unsaturated/α-hetero) is 1. The number of carbonyl (C=O) groups is 6. The van der Waals surface area contributed by atoms with E-state index in [-0.39, 0.29) is 44.3 Å². The summed E-state index contributed by atoms with van der Waals surface area (Å²) in [5.41, 5.74) is -8.29. The van der Waals surface area contributed by atoms with Gasteiger partial charge in [0.1, 0.15) is 12.2 Å². The molecule has 1 amide bonds. The van der Waals surface area contributed by atoms with Crippen molar-refractivity contribution in [3.8, 4) is 0 Å². The fourth-order valence-electron chi connectivity index (χ4n) is 9.63. The Balaban J connectivity index is 1.56. The van der Waals surface area contributed by atoms with Gasteiger partial charge in [-0.25, -0.2) is 13.6 Å². The Morgan fingerprint density at radius 2 is 1.63 bits per heavy atom. The predicted molar refractivity (Wildman–Crippen MR) is 186 cm³/mol. The molecule has 0 aromatic rings. The molecule has 316 valence electrons. The third-order valence-electron chi connectivity index (χ3n) is 12.2. The number of aliphatic hydroxyl groups excluding tert-OH is 1. The number of unbranched alkanes of at least 4 members (excludes halogenated alkanes) is 2. The van der Waals surface area contributed by atoms with Crippen molar-refractivity contribution < 1.29 is 77.1 Å². The summed E-state index contributed by atoms with van der Waals surface area (Å²) in [5.74, 6) is -9.35. The fraction of sp³-hybridized carbons (Fsp3) is 0.722. The molecule has 3 fully saturated rings. The van der Waals surface area contributed by atoms with Gasteiger partial charge in [0.2, 0.25) is 11.7 Å². The molecule has 0 aromatic carbocycles. The number of amides is 1. The molecule has 57 heavy (non-hydrogen) atoms. The zero-order valence-corrected chi connectivity index (χ0v) is 31.6. The van der Waals surface area contributed by atoms with E-state index in [0.717, 1.165) is 12.2 Å². The van der Waals surface area contributed by atoms with E-state index in [9.17, 15) is 59.2 Å². The predicted octanol–water partition coefficient (Wildman–Crippen LogP) is 2.66. The molecule has 4 rings (SSSR count). The zero-order valence-electron chi connectivity index (χ0n) is 31.6. The maximum atomic E-state index is 17.8. The van der Waals surface area contributed by atoms with Crippen molar-refractivity contribution in [1.82, 2.24) is 5.32 Å². The van der Waals surface area contributed by atoms with Crippen LogP contribution in [0.25, 0.3) is 0 Å². The summed E-state index contributed by atoms with van der Waals surface area (Å²) in [7, 11) is 0. The lowest BCUT2D eigenvalue weighted by Gasteiger charge is -2.63. The quantitative estimate of drug-likeness (QED) is 0.0689. The molecule has 0 aromatic heterocycles. The number of rotatable bonds is 20. The maximum absolute atomic E-state index is 17.8. The molecule has 0 radical (unpaired) electrons. The van der Waals surface area contributed by atoms with Gasteiger partial charge in [0.15, 0.2) is 23.7 Å². The molecule has 3 unspecified atom stereocenters. The lowest BCUT2D eigenvalue weighted by molar-refractivity contribution is -0.757. The van der Waals surface area contributed by atoms with Crippen LogP contribution in [0.4, 0.5) is 8.78 Å². The average molecular weight is 816 g/mol. The molecule has 4 aliphatic rings. The first-order valence-electron chi connectivity index (χ1n) is 18.6. The lowest BCUT2D eigenvalue weighted by Crippen LogP contribution is -2.71. The molecule has 10 atom stereocenters. The molecule has 4 aliphatic carbocycles. The summed E-state index contributed by atoms with van der Waals surface area (Å²) in [6.45, 7) is 2.61. The Labute approximate surface area is 324 Å². The average Bonchev–Trinajstić information content (AvgIpc) is 3.34. The van der Waals surface area contributed by atoms with Crippen molar-refractivity contribution in [2.24, 2.45) is 28.6 Å². The van der Waals surface area contributed by atoms with Crippen LogP contribution in [-0.2, 0) is 47.9 Å². The third kappa shape index (κ3) is 8.76. The van der Waals surface area contributed by atoms with Gasteiger partial charge < -0.3 is 34.7 Å². The molecule has 3 saturated carbocycles. The number of esters is 2. The number of alkyl halides is 2. The monoisotopic (exact) mass is 815 g/mol. The highest BCUT2D eigenvalue weighted by Gasteiger charge is 2.78. The number of halogens is 2. The maximum Gasteiger partial charge on any atom is 0.326 e. The second kappa shape index (κ2) is 17.6. The molecule has 0 saturated heterocycles. The zero-order chi connectivity index (χ0) is 42.5. The van der Waals surface area contributed by atoms with Gasteiger partial charge in [-0.1, -0.05) is 26.3 Å². The van der Waals surface area contributed by atoms with Crippen LogP contribution in [0, 0.1) is 48.8 Å². The molecule has 19 nitrogen and oxygen atoms in total. The summed E-state index contributed by atoms with van der Waals surface area (Å²) in [5, 5.41) is 42.4. The van der Waals surface area contributed by atoms with Crippen LogP contribution < -0.4 is 5.32 Å². The van der Waals surface area contributed by atoms with E-state index in [0.29, 0.717) is 6.42 Å². The van der Waals surface area contributed by atoms with Crippen LogP contribution in [0.1, 0.15) is 85.0 Å². The number of fused-ring (bicyclic) bond motifs is 5. The number of ether oxygens (including phenoxy) is 2. The van der Waals surface area contributed by atoms with Gasteiger partial charge in [-0.15, -0.1) is 20.2 Å². The van der Waals surface area contributed by atoms with Gasteiger partial charge in [0.25, 0.3) is 10.2 Å². The highest BCUT2D eigenvalue weighted by Crippen LogP contribution is 2.71. The van der Waals surface area contributed by atoms with Crippen molar-refractivity contribution in [3.05, 3.63) is 44.0 Å². The third-order valence-corrected chi connectivity index (χ3v) is 12.2. The van der Waals surface area contributed by atoms with Crippen molar-refractivity contribution in [3.63, 3.8) is 0 Å². The van der Waals surface area contributed by atoms with E-state index in [2.05, 4.69) is 15.0 Å². The second-order valence-corrected chi connectivity index (χ2v) is 15.5. The van der Waals surface area contributed by atoms with Crippen LogP contribution in [0.3, 0.4) is 0 Å². The SMILES string of the molecule is C[C@@H]1CC2C3C[C@H](F)C4=CC(=O)C=C[C@]4(C)[C@@]3(F)[C@@H](O)C[C@]2(C)[C@@]1(OC(=O)CCCO[N+](=O)[O-])C(=O)COC(=O)CC(NC(=O)CCCCCO[N+](=O)[O-])C(=O)O. The van der Waals surface area contributed by atoms with E-state index >= 15 is 8.78 Å². The van der Waals surface area contributed by atoms with E-state index < -0.39 is 143 Å². The Morgan fingerprint density at radius 3 is 2.26 bits per heavy atom. The van der Waals surface area contributed by atoms with E-state index in [1.165, 1.54) is 26.8 Å². The smallest absolute Gasteiger partial charge is 0.326 e. The van der Waals surface area contributed by atoms with Crippen LogP contribution in [0.5, 0.6) is 0 Å². The first-order valence-corrected chi connectivity index (χ1v) is 18.6. The van der Waals surface area contributed by atoms with Crippen LogP contribution in [0.2, 0.25) is 0 Å². The molecule has 0 spiro atoms. The van der Waals surface area contributed by atoms with Crippen LogP contribution >= 0.6 is 0 Å². The number of allylic oxidation sites excluding steroid dienone is 4. The summed E-state index contributed by atoms with van der Waals surface area (Å²) in [6, 6.07) is -1.78. The molecule has 21 heteroatoms. The molecule has 3 N–H and O–H groups in total. The first kappa shape index (κ1) is 44.6. The molecular weight excluding hydrogens is 768 g/mol. The van der Waals surface area contributed by atoms with Gasteiger partial charge in [-0.2, -0.15) is 0 Å². The minimum atomic E-state index is -2.54. The summed E-state index contributed by atoms with van der Waals surface area (Å²) >= 11 is 0. The number of nitrogens with one attached hydrogen (secondary N) is 1. The minimum Gasteiger partial charge on any atom is -0.480 e. The fourth-order valence-corrected chi connectivity index (χ4v) is 9.63. The summed E-state index contributed by atoms with van der Waals surface area (Å²) < 4.78 is 44.9. The number of carboxylic acids is 1. The number of nitrogens with zero attached hydrogens (tertiary/aromatic N) is 2. The Hall–Kier alpha value is -5.08. The Bertz CT molecular complexity index is 1710. The number of hydrogen-bond donors (Lipinski definition) is 3. The first-order chi connectivity index (χ1) is 26.6. The number of ketones is 2. The Kier molecular flexibility index (Phi) is 13.8. The molecule has 0 aliphatic heterocycles. The Morgan fingerprint density at radius 1 is 0.982 bits per heavy atom. The normalized spacial score (nSPS) is 33.0.